The quantitative estimate of drug-likeness (QED) is 0.561. The average Bonchev–Trinajstić information content (AvgIpc) is 3.43. The lowest BCUT2D eigenvalue weighted by Gasteiger charge is -2.36. The predicted molar refractivity (Wildman–Crippen MR) is 118 cm³/mol. The van der Waals surface area contributed by atoms with E-state index in [1.807, 2.05) is 32.9 Å². The Hall–Kier alpha value is -3.41. The van der Waals surface area contributed by atoms with Gasteiger partial charge in [0.1, 0.15) is 11.3 Å². The van der Waals surface area contributed by atoms with Crippen LogP contribution >= 0.6 is 0 Å². The van der Waals surface area contributed by atoms with Crippen LogP contribution < -0.4 is 4.90 Å². The summed E-state index contributed by atoms with van der Waals surface area (Å²) in [6, 6.07) is 7.62. The van der Waals surface area contributed by atoms with Crippen LogP contribution in [0.1, 0.15) is 57.7 Å². The summed E-state index contributed by atoms with van der Waals surface area (Å²) < 4.78 is 28.2. The smallest absolute Gasteiger partial charge is 0.417 e. The van der Waals surface area contributed by atoms with Crippen LogP contribution in [0.5, 0.6) is 0 Å². The minimum absolute atomic E-state index is 0.173. The number of fused-ring (bicyclic) bond motifs is 1. The highest BCUT2D eigenvalue weighted by Gasteiger charge is 2.50. The highest BCUT2D eigenvalue weighted by molar-refractivity contribution is 5.89. The van der Waals surface area contributed by atoms with Gasteiger partial charge in [0.05, 0.1) is 35.5 Å². The molecule has 0 radical (unpaired) electrons. The number of amides is 1. The number of carbonyl (C=O) groups excluding carboxylic acids is 1. The van der Waals surface area contributed by atoms with Crippen molar-refractivity contribution in [3.63, 3.8) is 0 Å². The van der Waals surface area contributed by atoms with Gasteiger partial charge in [-0.1, -0.05) is 25.9 Å². The highest BCUT2D eigenvalue weighted by atomic mass is 19.1. The average molecular weight is 452 g/mol. The van der Waals surface area contributed by atoms with Crippen molar-refractivity contribution in [2.24, 2.45) is 5.92 Å². The van der Waals surface area contributed by atoms with Crippen molar-refractivity contribution in [1.82, 2.24) is 14.7 Å². The van der Waals surface area contributed by atoms with Crippen LogP contribution in [0.4, 0.5) is 15.1 Å². The number of halogens is 1. The third kappa shape index (κ3) is 3.73. The molecule has 2 atom stereocenters. The summed E-state index contributed by atoms with van der Waals surface area (Å²) in [5.41, 5.74) is 1.31. The van der Waals surface area contributed by atoms with Crippen molar-refractivity contribution < 1.29 is 18.4 Å². The maximum Gasteiger partial charge on any atom is 0.417 e. The molecule has 172 valence electrons. The first-order chi connectivity index (χ1) is 15.7. The molecule has 0 unspecified atom stereocenters. The normalized spacial score (nSPS) is 23.3. The lowest BCUT2D eigenvalue weighted by atomic mass is 9.78. The van der Waals surface area contributed by atoms with Gasteiger partial charge in [0.2, 0.25) is 5.82 Å². The first-order valence-corrected chi connectivity index (χ1v) is 11.2. The van der Waals surface area contributed by atoms with Gasteiger partial charge >= 0.3 is 6.09 Å². The Bertz CT molecular complexity index is 1270. The van der Waals surface area contributed by atoms with Crippen LogP contribution in [-0.2, 0) is 16.7 Å². The fourth-order valence-corrected chi connectivity index (χ4v) is 5.07. The lowest BCUT2D eigenvalue weighted by Crippen LogP contribution is -2.40. The Kier molecular flexibility index (Phi) is 4.92. The first-order valence-electron chi connectivity index (χ1n) is 11.2. The summed E-state index contributed by atoms with van der Waals surface area (Å²) in [5, 5.41) is 13.1. The second-order valence-corrected chi connectivity index (χ2v) is 10.2. The number of carbonyl (C=O) groups is 1. The van der Waals surface area contributed by atoms with E-state index in [4.69, 9.17) is 9.26 Å². The van der Waals surface area contributed by atoms with E-state index in [0.29, 0.717) is 18.5 Å². The number of benzene rings is 1. The highest BCUT2D eigenvalue weighted by Crippen LogP contribution is 2.43. The van der Waals surface area contributed by atoms with Gasteiger partial charge in [-0.15, -0.1) is 0 Å². The fraction of sp³-hybridized carbons (Fsp3) is 0.500. The van der Waals surface area contributed by atoms with Crippen LogP contribution in [0, 0.1) is 23.1 Å². The largest absolute Gasteiger partial charge is 0.441 e. The molecule has 3 aromatic rings. The maximum atomic E-state index is 15.0. The zero-order valence-electron chi connectivity index (χ0n) is 19.0. The summed E-state index contributed by atoms with van der Waals surface area (Å²) in [6.45, 7) is 6.46. The number of aromatic nitrogens is 3. The Morgan fingerprint density at radius 1 is 1.36 bits per heavy atom. The number of ether oxygens (including phenoxy) is 1. The number of nitrogens with zero attached hydrogens (tertiary/aromatic N) is 5. The van der Waals surface area contributed by atoms with Crippen molar-refractivity contribution >= 4 is 23.0 Å². The van der Waals surface area contributed by atoms with Crippen molar-refractivity contribution in [3.05, 3.63) is 41.6 Å². The molecule has 2 aromatic heterocycles. The van der Waals surface area contributed by atoms with Crippen LogP contribution in [0.15, 0.2) is 29.0 Å². The van der Waals surface area contributed by atoms with Gasteiger partial charge in [0, 0.05) is 12.0 Å². The summed E-state index contributed by atoms with van der Waals surface area (Å²) in [4.78, 5) is 18.4. The Morgan fingerprint density at radius 3 is 2.91 bits per heavy atom. The SMILES string of the molecule is CC(C)(C)c1noc(N2C[C@@]3(CCC[C@H](Cn4cnc5ccc(C#N)cc54)C3)OC2=O)c1F. The summed E-state index contributed by atoms with van der Waals surface area (Å²) in [5.74, 6) is -0.532. The Labute approximate surface area is 190 Å². The number of imidazole rings is 1. The van der Waals surface area contributed by atoms with Gasteiger partial charge in [0.25, 0.3) is 5.88 Å². The van der Waals surface area contributed by atoms with Gasteiger partial charge in [-0.2, -0.15) is 9.65 Å². The van der Waals surface area contributed by atoms with E-state index >= 15 is 4.39 Å². The van der Waals surface area contributed by atoms with E-state index in [1.54, 1.807) is 12.4 Å². The molecule has 1 aromatic carbocycles. The second-order valence-electron chi connectivity index (χ2n) is 10.2. The zero-order valence-corrected chi connectivity index (χ0v) is 19.0. The summed E-state index contributed by atoms with van der Waals surface area (Å²) in [6.07, 6.45) is 4.46. The molecule has 1 saturated carbocycles. The van der Waals surface area contributed by atoms with Gasteiger partial charge < -0.3 is 13.8 Å². The molecule has 1 aliphatic heterocycles. The molecular weight excluding hydrogens is 425 g/mol. The molecule has 9 heteroatoms. The first kappa shape index (κ1) is 21.4. The van der Waals surface area contributed by atoms with Crippen molar-refractivity contribution in [2.45, 2.75) is 64.0 Å². The van der Waals surface area contributed by atoms with E-state index in [0.717, 1.165) is 30.3 Å². The molecule has 2 fully saturated rings. The molecular formula is C24H26FN5O3. The Morgan fingerprint density at radius 2 is 2.18 bits per heavy atom. The van der Waals surface area contributed by atoms with Crippen molar-refractivity contribution in [3.8, 4) is 6.07 Å². The van der Waals surface area contributed by atoms with Crippen molar-refractivity contribution in [2.75, 3.05) is 11.4 Å². The van der Waals surface area contributed by atoms with Crippen LogP contribution in [0.25, 0.3) is 11.0 Å². The topological polar surface area (TPSA) is 97.2 Å². The number of anilines is 1. The lowest BCUT2D eigenvalue weighted by molar-refractivity contribution is 0.00438. The van der Waals surface area contributed by atoms with E-state index < -0.39 is 22.9 Å². The van der Waals surface area contributed by atoms with Gasteiger partial charge in [-0.05, 0) is 49.8 Å². The summed E-state index contributed by atoms with van der Waals surface area (Å²) in [7, 11) is 0. The van der Waals surface area contributed by atoms with Gasteiger partial charge in [-0.25, -0.2) is 14.7 Å². The zero-order chi connectivity index (χ0) is 23.4. The Balaban J connectivity index is 1.35. The van der Waals surface area contributed by atoms with Gasteiger partial charge in [-0.3, -0.25) is 0 Å². The third-order valence-electron chi connectivity index (χ3n) is 6.66. The molecule has 33 heavy (non-hydrogen) atoms. The van der Waals surface area contributed by atoms with Crippen LogP contribution in [0.3, 0.4) is 0 Å². The molecule has 1 spiro atoms. The molecule has 3 heterocycles. The molecule has 1 amide bonds. The number of hydrogen-bond donors (Lipinski definition) is 0. The van der Waals surface area contributed by atoms with E-state index in [9.17, 15) is 10.1 Å². The number of nitriles is 1. The molecule has 8 nitrogen and oxygen atoms in total. The van der Waals surface area contributed by atoms with E-state index in [-0.39, 0.29) is 24.0 Å². The van der Waals surface area contributed by atoms with E-state index in [2.05, 4.69) is 20.8 Å². The van der Waals surface area contributed by atoms with Crippen LogP contribution in [-0.4, -0.2) is 32.9 Å². The predicted octanol–water partition coefficient (Wildman–Crippen LogP) is 4.92. The molecule has 2 aliphatic rings. The maximum absolute atomic E-state index is 15.0. The van der Waals surface area contributed by atoms with Gasteiger partial charge in [0.15, 0.2) is 0 Å². The molecule has 1 saturated heterocycles. The molecule has 1 aliphatic carbocycles. The second kappa shape index (κ2) is 7.58. The summed E-state index contributed by atoms with van der Waals surface area (Å²) >= 11 is 0. The van der Waals surface area contributed by atoms with Crippen LogP contribution in [0.2, 0.25) is 0 Å². The fourth-order valence-electron chi connectivity index (χ4n) is 5.07. The molecule has 0 bridgehead atoms. The standard InChI is InChI=1S/C24H26FN5O3/c1-23(2,3)20-19(25)21(33-28-20)30-13-24(32-22(30)31)8-4-5-16(10-24)12-29-14-27-17-7-6-15(11-26)9-18(17)29/h6-7,9,14,16H,4-5,8,10,12-13H2,1-3H3/t16-,24-/m0/s1. The number of hydrogen-bond acceptors (Lipinski definition) is 6. The van der Waals surface area contributed by atoms with E-state index in [1.165, 1.54) is 4.90 Å². The monoisotopic (exact) mass is 451 g/mol. The third-order valence-corrected chi connectivity index (χ3v) is 6.66. The minimum atomic E-state index is -0.685. The number of rotatable bonds is 3. The minimum Gasteiger partial charge on any atom is -0.441 e. The molecule has 0 N–H and O–H groups in total. The molecule has 5 rings (SSSR count). The van der Waals surface area contributed by atoms with Crippen molar-refractivity contribution in [1.29, 1.82) is 5.26 Å².